The molecule has 1 aliphatic rings. The van der Waals surface area contributed by atoms with Crippen molar-refractivity contribution in [2.75, 3.05) is 10.4 Å². The normalized spacial score (nSPS) is 16.4. The van der Waals surface area contributed by atoms with Crippen LogP contribution in [0.3, 0.4) is 0 Å². The molecule has 1 N–H and O–H groups in total. The minimum atomic E-state index is -0.668. The molecule has 0 spiro atoms. The summed E-state index contributed by atoms with van der Waals surface area (Å²) in [7, 11) is 0. The number of para-hydroxylation sites is 1. The van der Waals surface area contributed by atoms with Gasteiger partial charge in [0.25, 0.3) is 11.7 Å². The number of pyridine rings is 1. The minimum absolute atomic E-state index is 0.347. The summed E-state index contributed by atoms with van der Waals surface area (Å²) in [4.78, 5) is 26.5. The molecule has 2 atom stereocenters. The minimum Gasteiger partial charge on any atom is -0.333 e. The molecule has 0 bridgehead atoms. The fourth-order valence-electron chi connectivity index (χ4n) is 5.49. The molecule has 218 valence electrons. The monoisotopic (exact) mass is 626 g/mol. The predicted octanol–water partition coefficient (Wildman–Crippen LogP) is 7.63. The smallest absolute Gasteiger partial charge is 0.298 e. The van der Waals surface area contributed by atoms with Crippen LogP contribution in [-0.2, 0) is 24.3 Å². The molecular weight excluding hydrogens is 594 g/mol. The number of hydrogen-bond acceptors (Lipinski definition) is 4. The van der Waals surface area contributed by atoms with Crippen LogP contribution in [0.2, 0.25) is 5.02 Å². The third-order valence-electron chi connectivity index (χ3n) is 7.86. The van der Waals surface area contributed by atoms with Crippen molar-refractivity contribution in [3.8, 4) is 0 Å². The highest BCUT2D eigenvalue weighted by Crippen LogP contribution is 2.38. The number of carbonyl (C=O) groups is 2. The lowest BCUT2D eigenvalue weighted by molar-refractivity contribution is -0.688. The van der Waals surface area contributed by atoms with Crippen LogP contribution in [0, 0.1) is 0 Å². The van der Waals surface area contributed by atoms with Crippen molar-refractivity contribution in [2.24, 2.45) is 0 Å². The van der Waals surface area contributed by atoms with E-state index in [2.05, 4.69) is 64.6 Å². The maximum absolute atomic E-state index is 13.4. The zero-order valence-electron chi connectivity index (χ0n) is 23.9. The van der Waals surface area contributed by atoms with Crippen molar-refractivity contribution < 1.29 is 14.2 Å². The highest BCUT2D eigenvalue weighted by Gasteiger charge is 2.25. The van der Waals surface area contributed by atoms with Gasteiger partial charge in [-0.3, -0.25) is 9.59 Å². The van der Waals surface area contributed by atoms with E-state index in [0.717, 1.165) is 39.9 Å². The number of halogens is 1. The van der Waals surface area contributed by atoms with Gasteiger partial charge in [0.2, 0.25) is 0 Å². The summed E-state index contributed by atoms with van der Waals surface area (Å²) in [6.45, 7) is 3.52. The molecule has 5 aromatic rings. The molecule has 8 heteroatoms. The number of ketones is 1. The van der Waals surface area contributed by atoms with Crippen LogP contribution < -0.4 is 9.88 Å². The predicted molar refractivity (Wildman–Crippen MR) is 179 cm³/mol. The molecule has 1 aliphatic heterocycles. The van der Waals surface area contributed by atoms with E-state index in [1.54, 1.807) is 6.07 Å². The molecule has 6 rings (SSSR count). The van der Waals surface area contributed by atoms with E-state index >= 15 is 0 Å². The van der Waals surface area contributed by atoms with E-state index in [0.29, 0.717) is 22.9 Å². The molecule has 0 saturated carbocycles. The highest BCUT2D eigenvalue weighted by molar-refractivity contribution is 8.19. The molecule has 1 amide bonds. The molecule has 43 heavy (non-hydrogen) atoms. The van der Waals surface area contributed by atoms with Gasteiger partial charge in [-0.05, 0) is 54.3 Å². The number of nitrogens with zero attached hydrogens (tertiary/aromatic N) is 2. The average Bonchev–Trinajstić information content (AvgIpc) is 3.60. The number of carbonyl (C=O) groups excluding carboxylic acids is 2. The first kappa shape index (κ1) is 29.5. The van der Waals surface area contributed by atoms with Crippen molar-refractivity contribution >= 4 is 63.4 Å². The summed E-state index contributed by atoms with van der Waals surface area (Å²) in [6, 6.07) is 29.5. The molecule has 0 aliphatic carbocycles. The first-order chi connectivity index (χ1) is 20.9. The molecule has 2 aromatic heterocycles. The highest BCUT2D eigenvalue weighted by atomic mass is 35.5. The van der Waals surface area contributed by atoms with Crippen molar-refractivity contribution in [1.82, 2.24) is 4.57 Å². The third kappa shape index (κ3) is 7.18. The van der Waals surface area contributed by atoms with Crippen molar-refractivity contribution in [3.05, 3.63) is 131 Å². The number of amides is 1. The number of anilines is 1. The van der Waals surface area contributed by atoms with Crippen molar-refractivity contribution in [2.45, 2.75) is 43.4 Å². The molecule has 1 saturated heterocycles. The SMILES string of the molecule is CC1SCS[C@H]1CCc1cccc(C[n+]2ccc(NC(=O)C(=O)c3cc4ccccc4n3Cc3ccc(Cl)cc3)cc2)c1. The lowest BCUT2D eigenvalue weighted by Crippen LogP contribution is -2.33. The van der Waals surface area contributed by atoms with Gasteiger partial charge in [-0.2, -0.15) is 0 Å². The Bertz CT molecular complexity index is 1750. The number of aromatic nitrogens is 2. The number of hydrogen-bond donors (Lipinski definition) is 1. The van der Waals surface area contributed by atoms with Gasteiger partial charge in [0.1, 0.15) is 0 Å². The van der Waals surface area contributed by atoms with Gasteiger partial charge in [0.05, 0.1) is 11.4 Å². The van der Waals surface area contributed by atoms with E-state index in [4.69, 9.17) is 11.6 Å². The van der Waals surface area contributed by atoms with E-state index in [1.807, 2.05) is 77.6 Å². The van der Waals surface area contributed by atoms with E-state index < -0.39 is 11.7 Å². The van der Waals surface area contributed by atoms with E-state index in [1.165, 1.54) is 22.6 Å². The van der Waals surface area contributed by atoms with E-state index in [9.17, 15) is 9.59 Å². The van der Waals surface area contributed by atoms with Crippen LogP contribution in [0.25, 0.3) is 10.9 Å². The fourth-order valence-corrected chi connectivity index (χ4v) is 8.87. The lowest BCUT2D eigenvalue weighted by Gasteiger charge is -2.13. The summed E-state index contributed by atoms with van der Waals surface area (Å²) < 4.78 is 3.96. The number of rotatable bonds is 10. The standard InChI is InChI=1S/C35H32ClN3O2S2/c1-24-33(43-23-42-24)14-11-25-5-4-6-27(19-25)21-38-17-15-30(16-18-38)37-35(41)34(40)32-20-28-7-2-3-8-31(28)39(32)22-26-9-12-29(36)13-10-26/h2-10,12-13,15-20,24,33H,11,14,21-23H2,1H3/p+1/t24?,33-/m0/s1. The van der Waals surface area contributed by atoms with Crippen LogP contribution >= 0.6 is 35.1 Å². The molecule has 3 heterocycles. The van der Waals surface area contributed by atoms with E-state index in [-0.39, 0.29) is 0 Å². The second-order valence-electron chi connectivity index (χ2n) is 10.9. The van der Waals surface area contributed by atoms with Gasteiger partial charge < -0.3 is 9.88 Å². The Morgan fingerprint density at radius 3 is 2.44 bits per heavy atom. The Hall–Kier alpha value is -3.52. The summed E-state index contributed by atoms with van der Waals surface area (Å²) in [5, 5.41) is 7.03. The number of nitrogens with one attached hydrogen (secondary N) is 1. The summed E-state index contributed by atoms with van der Waals surface area (Å²) in [5.41, 5.74) is 5.41. The van der Waals surface area contributed by atoms with Crippen molar-refractivity contribution in [1.29, 1.82) is 0 Å². The second-order valence-corrected chi connectivity index (χ2v) is 14.3. The summed E-state index contributed by atoms with van der Waals surface area (Å²) in [6.07, 6.45) is 6.17. The Balaban J connectivity index is 1.11. The molecule has 1 fully saturated rings. The maximum atomic E-state index is 13.4. The van der Waals surface area contributed by atoms with Crippen LogP contribution in [0.1, 0.15) is 40.5 Å². The number of thioether (sulfide) groups is 2. The molecule has 1 unspecified atom stereocenters. The lowest BCUT2D eigenvalue weighted by atomic mass is 10.0. The Kier molecular flexibility index (Phi) is 9.22. The van der Waals surface area contributed by atoms with Gasteiger partial charge in [-0.15, -0.1) is 23.5 Å². The van der Waals surface area contributed by atoms with Crippen LogP contribution in [0.5, 0.6) is 0 Å². The largest absolute Gasteiger partial charge is 0.333 e. The van der Waals surface area contributed by atoms with Gasteiger partial charge in [0.15, 0.2) is 18.9 Å². The summed E-state index contributed by atoms with van der Waals surface area (Å²) >= 11 is 10.2. The van der Waals surface area contributed by atoms with Crippen LogP contribution in [0.15, 0.2) is 103 Å². The Labute approximate surface area is 265 Å². The molecular formula is C35H33ClN3O2S2+. The first-order valence-corrected chi connectivity index (χ1v) is 16.9. The van der Waals surface area contributed by atoms with Crippen molar-refractivity contribution in [3.63, 3.8) is 0 Å². The topological polar surface area (TPSA) is 55.0 Å². The first-order valence-electron chi connectivity index (χ1n) is 14.4. The average molecular weight is 627 g/mol. The molecule has 5 nitrogen and oxygen atoms in total. The zero-order valence-corrected chi connectivity index (χ0v) is 26.3. The second kappa shape index (κ2) is 13.4. The van der Waals surface area contributed by atoms with Gasteiger partial charge in [0, 0.05) is 55.8 Å². The third-order valence-corrected chi connectivity index (χ3v) is 11.3. The molecule has 0 radical (unpaired) electrons. The quantitative estimate of drug-likeness (QED) is 0.0984. The van der Waals surface area contributed by atoms with Crippen LogP contribution in [-0.4, -0.2) is 31.8 Å². The fraction of sp³-hybridized carbons (Fsp3) is 0.229. The summed E-state index contributed by atoms with van der Waals surface area (Å²) in [5.74, 6) is -1.25. The number of benzene rings is 3. The number of fused-ring (bicyclic) bond motifs is 1. The number of aryl methyl sites for hydroxylation is 1. The number of Topliss-reactive ketones (excluding diaryl/α,β-unsaturated/α-hetero) is 1. The maximum Gasteiger partial charge on any atom is 0.298 e. The Morgan fingerprint density at radius 2 is 1.67 bits per heavy atom. The van der Waals surface area contributed by atoms with Gasteiger partial charge in [-0.1, -0.05) is 67.1 Å². The zero-order chi connectivity index (χ0) is 29.8. The van der Waals surface area contributed by atoms with Gasteiger partial charge in [-0.25, -0.2) is 4.57 Å². The van der Waals surface area contributed by atoms with Gasteiger partial charge >= 0.3 is 0 Å². The van der Waals surface area contributed by atoms with Crippen LogP contribution in [0.4, 0.5) is 5.69 Å². The Morgan fingerprint density at radius 1 is 0.907 bits per heavy atom. The molecule has 3 aromatic carbocycles.